The summed E-state index contributed by atoms with van der Waals surface area (Å²) in [5.41, 5.74) is 8.59. The van der Waals surface area contributed by atoms with Crippen molar-refractivity contribution in [1.29, 1.82) is 0 Å². The number of nitrogens with two attached hydrogens (primary N) is 1. The fraction of sp³-hybridized carbons (Fsp3) is 0.250. The van der Waals surface area contributed by atoms with Gasteiger partial charge in [0.25, 0.3) is 10.0 Å². The Balaban J connectivity index is 2.58. The van der Waals surface area contributed by atoms with Gasteiger partial charge in [-0.25, -0.2) is 8.42 Å². The van der Waals surface area contributed by atoms with Gasteiger partial charge in [-0.15, -0.1) is 0 Å². The molecule has 0 fully saturated rings. The maximum absolute atomic E-state index is 12.9. The van der Waals surface area contributed by atoms with E-state index in [0.717, 1.165) is 5.56 Å². The summed E-state index contributed by atoms with van der Waals surface area (Å²) in [4.78, 5) is 0.255. The van der Waals surface area contributed by atoms with Crippen LogP contribution in [0, 0.1) is 13.8 Å². The van der Waals surface area contributed by atoms with Crippen LogP contribution in [-0.4, -0.2) is 15.0 Å². The summed E-state index contributed by atoms with van der Waals surface area (Å²) in [5, 5.41) is 0. The van der Waals surface area contributed by atoms with E-state index in [4.69, 9.17) is 5.73 Å². The van der Waals surface area contributed by atoms with E-state index in [0.29, 0.717) is 23.5 Å². The normalized spacial score (nSPS) is 11.4. The molecule has 0 unspecified atom stereocenters. The molecule has 2 N–H and O–H groups in total. The predicted molar refractivity (Wildman–Crippen MR) is 87.0 cm³/mol. The van der Waals surface area contributed by atoms with Gasteiger partial charge in [0, 0.05) is 12.2 Å². The molecular formula is C16H20N2O2S. The van der Waals surface area contributed by atoms with Gasteiger partial charge in [0.2, 0.25) is 0 Å². The zero-order valence-electron chi connectivity index (χ0n) is 12.5. The van der Waals surface area contributed by atoms with Crippen LogP contribution < -0.4 is 10.0 Å². The maximum Gasteiger partial charge on any atom is 0.264 e. The quantitative estimate of drug-likeness (QED) is 0.883. The molecule has 0 aliphatic rings. The first-order chi connectivity index (χ1) is 9.87. The van der Waals surface area contributed by atoms with Gasteiger partial charge in [-0.2, -0.15) is 0 Å². The number of anilines is 2. The summed E-state index contributed by atoms with van der Waals surface area (Å²) in [6.07, 6.45) is 0. The summed E-state index contributed by atoms with van der Waals surface area (Å²) in [5.74, 6) is 0. The molecule has 2 aromatic rings. The second-order valence-electron chi connectivity index (χ2n) is 4.98. The van der Waals surface area contributed by atoms with Crippen molar-refractivity contribution in [2.24, 2.45) is 0 Å². The molecule has 0 aliphatic heterocycles. The van der Waals surface area contributed by atoms with Gasteiger partial charge < -0.3 is 5.73 Å². The molecular weight excluding hydrogens is 284 g/mol. The Morgan fingerprint density at radius 3 is 2.38 bits per heavy atom. The van der Waals surface area contributed by atoms with E-state index in [1.807, 2.05) is 32.0 Å². The molecule has 0 amide bonds. The predicted octanol–water partition coefficient (Wildman–Crippen LogP) is 3.10. The zero-order chi connectivity index (χ0) is 15.6. The lowest BCUT2D eigenvalue weighted by Crippen LogP contribution is -2.31. The minimum Gasteiger partial charge on any atom is -0.398 e. The van der Waals surface area contributed by atoms with E-state index in [1.165, 1.54) is 4.31 Å². The van der Waals surface area contributed by atoms with Crippen molar-refractivity contribution in [3.05, 3.63) is 53.6 Å². The van der Waals surface area contributed by atoms with Crippen molar-refractivity contribution < 1.29 is 8.42 Å². The van der Waals surface area contributed by atoms with Crippen LogP contribution in [0.1, 0.15) is 18.1 Å². The smallest absolute Gasteiger partial charge is 0.264 e. The third kappa shape index (κ3) is 2.88. The molecule has 0 aliphatic carbocycles. The Bertz CT molecular complexity index is 755. The molecule has 2 rings (SSSR count). The van der Waals surface area contributed by atoms with Crippen molar-refractivity contribution in [2.75, 3.05) is 16.6 Å². The van der Waals surface area contributed by atoms with Gasteiger partial charge in [-0.05, 0) is 56.2 Å². The Labute approximate surface area is 126 Å². The van der Waals surface area contributed by atoms with Crippen molar-refractivity contribution in [2.45, 2.75) is 25.7 Å². The lowest BCUT2D eigenvalue weighted by Gasteiger charge is -2.24. The first-order valence-electron chi connectivity index (χ1n) is 6.82. The number of sulfonamides is 1. The second kappa shape index (κ2) is 5.77. The average Bonchev–Trinajstić information content (AvgIpc) is 2.42. The lowest BCUT2D eigenvalue weighted by molar-refractivity contribution is 0.591. The van der Waals surface area contributed by atoms with Crippen LogP contribution in [0.15, 0.2) is 47.4 Å². The van der Waals surface area contributed by atoms with Gasteiger partial charge in [0.15, 0.2) is 0 Å². The van der Waals surface area contributed by atoms with E-state index >= 15 is 0 Å². The number of rotatable bonds is 4. The molecule has 0 atom stereocenters. The Hall–Kier alpha value is -2.01. The van der Waals surface area contributed by atoms with Crippen molar-refractivity contribution in [1.82, 2.24) is 0 Å². The molecule has 112 valence electrons. The standard InChI is InChI=1S/C16H20N2O2S/c1-4-18(14-8-5-7-12(2)11-14)21(19,20)16-10-6-9-15(17)13(16)3/h5-11H,4,17H2,1-3H3. The number of benzene rings is 2. The minimum atomic E-state index is -3.62. The molecule has 0 heterocycles. The van der Waals surface area contributed by atoms with Crippen LogP contribution >= 0.6 is 0 Å². The highest BCUT2D eigenvalue weighted by molar-refractivity contribution is 7.92. The Kier molecular flexibility index (Phi) is 4.23. The first kappa shape index (κ1) is 15.4. The third-order valence-electron chi connectivity index (χ3n) is 3.47. The third-order valence-corrected chi connectivity index (χ3v) is 5.52. The highest BCUT2D eigenvalue weighted by Crippen LogP contribution is 2.28. The number of aryl methyl sites for hydroxylation is 1. The second-order valence-corrected chi connectivity index (χ2v) is 6.81. The SMILES string of the molecule is CCN(c1cccc(C)c1)S(=O)(=O)c1cccc(N)c1C. The maximum atomic E-state index is 12.9. The van der Waals surface area contributed by atoms with Crippen LogP contribution in [0.3, 0.4) is 0 Å². The van der Waals surface area contributed by atoms with Gasteiger partial charge in [-0.1, -0.05) is 18.2 Å². The molecule has 0 bridgehead atoms. The summed E-state index contributed by atoms with van der Waals surface area (Å²) in [7, 11) is -3.62. The number of nitrogen functional groups attached to an aromatic ring is 1. The van der Waals surface area contributed by atoms with Gasteiger partial charge in [-0.3, -0.25) is 4.31 Å². The van der Waals surface area contributed by atoms with Gasteiger partial charge in [0.1, 0.15) is 0 Å². The van der Waals surface area contributed by atoms with E-state index in [9.17, 15) is 8.42 Å². The van der Waals surface area contributed by atoms with Crippen LogP contribution in [-0.2, 0) is 10.0 Å². The molecule has 0 radical (unpaired) electrons. The molecule has 0 aromatic heterocycles. The van der Waals surface area contributed by atoms with E-state index in [2.05, 4.69) is 0 Å². The van der Waals surface area contributed by atoms with Gasteiger partial charge in [0.05, 0.1) is 10.6 Å². The number of nitrogens with zero attached hydrogens (tertiary/aromatic N) is 1. The minimum absolute atomic E-state index is 0.255. The summed E-state index contributed by atoms with van der Waals surface area (Å²) >= 11 is 0. The molecule has 21 heavy (non-hydrogen) atoms. The van der Waals surface area contributed by atoms with Crippen LogP contribution in [0.25, 0.3) is 0 Å². The molecule has 5 heteroatoms. The Morgan fingerprint density at radius 1 is 1.10 bits per heavy atom. The van der Waals surface area contributed by atoms with Crippen LogP contribution in [0.4, 0.5) is 11.4 Å². The van der Waals surface area contributed by atoms with Crippen LogP contribution in [0.2, 0.25) is 0 Å². The summed E-state index contributed by atoms with van der Waals surface area (Å²) in [6.45, 7) is 5.85. The fourth-order valence-electron chi connectivity index (χ4n) is 2.30. The lowest BCUT2D eigenvalue weighted by atomic mass is 10.2. The van der Waals surface area contributed by atoms with E-state index in [1.54, 1.807) is 31.2 Å². The Morgan fingerprint density at radius 2 is 1.76 bits per heavy atom. The van der Waals surface area contributed by atoms with E-state index < -0.39 is 10.0 Å². The topological polar surface area (TPSA) is 63.4 Å². The first-order valence-corrected chi connectivity index (χ1v) is 8.26. The van der Waals surface area contributed by atoms with Crippen molar-refractivity contribution in [3.63, 3.8) is 0 Å². The number of hydrogen-bond donors (Lipinski definition) is 1. The van der Waals surface area contributed by atoms with Crippen molar-refractivity contribution in [3.8, 4) is 0 Å². The highest BCUT2D eigenvalue weighted by Gasteiger charge is 2.25. The monoisotopic (exact) mass is 304 g/mol. The summed E-state index contributed by atoms with van der Waals surface area (Å²) in [6, 6.07) is 12.4. The molecule has 2 aromatic carbocycles. The van der Waals surface area contributed by atoms with Crippen molar-refractivity contribution >= 4 is 21.4 Å². The fourth-order valence-corrected chi connectivity index (χ4v) is 4.03. The summed E-state index contributed by atoms with van der Waals surface area (Å²) < 4.78 is 27.2. The largest absolute Gasteiger partial charge is 0.398 e. The van der Waals surface area contributed by atoms with E-state index in [-0.39, 0.29) is 4.90 Å². The van der Waals surface area contributed by atoms with Crippen LogP contribution in [0.5, 0.6) is 0 Å². The molecule has 4 nitrogen and oxygen atoms in total. The average molecular weight is 304 g/mol. The zero-order valence-corrected chi connectivity index (χ0v) is 13.3. The van der Waals surface area contributed by atoms with Gasteiger partial charge >= 0.3 is 0 Å². The molecule has 0 saturated heterocycles. The molecule has 0 spiro atoms. The highest BCUT2D eigenvalue weighted by atomic mass is 32.2. The molecule has 0 saturated carbocycles. The number of hydrogen-bond acceptors (Lipinski definition) is 3.